The van der Waals surface area contributed by atoms with Gasteiger partial charge in [-0.25, -0.2) is 0 Å². The fourth-order valence-corrected chi connectivity index (χ4v) is 2.82. The number of ketones is 1. The highest BCUT2D eigenvalue weighted by Gasteiger charge is 2.23. The molecule has 0 radical (unpaired) electrons. The lowest BCUT2D eigenvalue weighted by molar-refractivity contribution is 0.0607. The van der Waals surface area contributed by atoms with Crippen molar-refractivity contribution < 1.29 is 9.53 Å². The van der Waals surface area contributed by atoms with E-state index < -0.39 is 0 Å². The van der Waals surface area contributed by atoms with Crippen LogP contribution in [0.3, 0.4) is 0 Å². The molecule has 1 aliphatic carbocycles. The van der Waals surface area contributed by atoms with Crippen molar-refractivity contribution in [3.63, 3.8) is 0 Å². The van der Waals surface area contributed by atoms with Gasteiger partial charge in [0, 0.05) is 12.1 Å². The molecular weight excluding hydrogens is 226 g/mol. The molecule has 0 aromatic heterocycles. The van der Waals surface area contributed by atoms with Gasteiger partial charge in [0.2, 0.25) is 0 Å². The van der Waals surface area contributed by atoms with Gasteiger partial charge in [-0.3, -0.25) is 4.79 Å². The maximum atomic E-state index is 12.3. The van der Waals surface area contributed by atoms with E-state index in [1.54, 1.807) is 0 Å². The van der Waals surface area contributed by atoms with Crippen molar-refractivity contribution in [1.29, 1.82) is 0 Å². The molecule has 0 spiro atoms. The lowest BCUT2D eigenvalue weighted by atomic mass is 9.89. The summed E-state index contributed by atoms with van der Waals surface area (Å²) in [5.74, 6) is 0.170. The molecule has 1 N–H and O–H groups in total. The van der Waals surface area contributed by atoms with Gasteiger partial charge < -0.3 is 10.1 Å². The summed E-state index contributed by atoms with van der Waals surface area (Å²) in [4.78, 5) is 12.3. The molecule has 1 aromatic rings. The fourth-order valence-electron chi connectivity index (χ4n) is 2.82. The van der Waals surface area contributed by atoms with E-state index in [0.717, 1.165) is 24.9 Å². The van der Waals surface area contributed by atoms with Crippen molar-refractivity contribution in [3.8, 4) is 0 Å². The van der Waals surface area contributed by atoms with E-state index in [1.165, 1.54) is 24.0 Å². The summed E-state index contributed by atoms with van der Waals surface area (Å²) in [6, 6.07) is 6.03. The van der Waals surface area contributed by atoms with Crippen LogP contribution in [0.25, 0.3) is 0 Å². The summed E-state index contributed by atoms with van der Waals surface area (Å²) in [6.45, 7) is 1.96. The molecule has 1 heterocycles. The number of morpholine rings is 1. The molecule has 18 heavy (non-hydrogen) atoms. The molecule has 3 heteroatoms. The minimum Gasteiger partial charge on any atom is -0.378 e. The Bertz CT molecular complexity index is 450. The van der Waals surface area contributed by atoms with Crippen molar-refractivity contribution in [1.82, 2.24) is 5.32 Å². The molecule has 1 atom stereocenters. The van der Waals surface area contributed by atoms with Crippen LogP contribution < -0.4 is 5.32 Å². The number of benzene rings is 1. The average Bonchev–Trinajstić information content (AvgIpc) is 2.47. The Labute approximate surface area is 108 Å². The highest BCUT2D eigenvalue weighted by Crippen LogP contribution is 2.22. The van der Waals surface area contributed by atoms with Crippen LogP contribution in [0.2, 0.25) is 0 Å². The Hall–Kier alpha value is -1.19. The van der Waals surface area contributed by atoms with Crippen molar-refractivity contribution in [2.75, 3.05) is 19.8 Å². The van der Waals surface area contributed by atoms with Crippen molar-refractivity contribution >= 4 is 5.78 Å². The predicted octanol–water partition coefficient (Wildman–Crippen LogP) is 1.74. The standard InChI is InChI=1S/C15H19NO2/c17-15(14-10-18-8-7-16-14)13-6-5-11-3-1-2-4-12(11)9-13/h5-6,9,14,16H,1-4,7-8,10H2. The van der Waals surface area contributed by atoms with E-state index >= 15 is 0 Å². The Morgan fingerprint density at radius 3 is 2.83 bits per heavy atom. The molecule has 0 bridgehead atoms. The van der Waals surface area contributed by atoms with Crippen LogP contribution in [0, 0.1) is 0 Å². The first-order chi connectivity index (χ1) is 8.84. The number of carbonyl (C=O) groups excluding carboxylic acids is 1. The van der Waals surface area contributed by atoms with Gasteiger partial charge in [0.25, 0.3) is 0 Å². The van der Waals surface area contributed by atoms with Gasteiger partial charge in [0.15, 0.2) is 5.78 Å². The predicted molar refractivity (Wildman–Crippen MR) is 70.0 cm³/mol. The van der Waals surface area contributed by atoms with Crippen LogP contribution in [0.15, 0.2) is 18.2 Å². The Kier molecular flexibility index (Phi) is 3.43. The third-order valence-electron chi connectivity index (χ3n) is 3.87. The van der Waals surface area contributed by atoms with Gasteiger partial charge in [0.05, 0.1) is 19.3 Å². The third kappa shape index (κ3) is 2.33. The minimum atomic E-state index is -0.166. The number of nitrogens with one attached hydrogen (secondary N) is 1. The van der Waals surface area contributed by atoms with E-state index in [4.69, 9.17) is 4.74 Å². The monoisotopic (exact) mass is 245 g/mol. The van der Waals surface area contributed by atoms with Crippen LogP contribution in [0.4, 0.5) is 0 Å². The molecule has 96 valence electrons. The zero-order chi connectivity index (χ0) is 12.4. The molecule has 1 unspecified atom stereocenters. The summed E-state index contributed by atoms with van der Waals surface area (Å²) in [7, 11) is 0. The minimum absolute atomic E-state index is 0.166. The average molecular weight is 245 g/mol. The smallest absolute Gasteiger partial charge is 0.182 e. The molecule has 3 rings (SSSR count). The van der Waals surface area contributed by atoms with Gasteiger partial charge in [0.1, 0.15) is 0 Å². The SMILES string of the molecule is O=C(c1ccc2c(c1)CCCC2)C1COCCN1. The van der Waals surface area contributed by atoms with Crippen molar-refractivity contribution in [3.05, 3.63) is 34.9 Å². The fraction of sp³-hybridized carbons (Fsp3) is 0.533. The third-order valence-corrected chi connectivity index (χ3v) is 3.87. The number of ether oxygens (including phenoxy) is 1. The van der Waals surface area contributed by atoms with Gasteiger partial charge in [-0.05, 0) is 42.9 Å². The quantitative estimate of drug-likeness (QED) is 0.807. The summed E-state index contributed by atoms with van der Waals surface area (Å²) < 4.78 is 5.35. The molecule has 0 saturated carbocycles. The van der Waals surface area contributed by atoms with E-state index in [2.05, 4.69) is 17.4 Å². The number of carbonyl (C=O) groups is 1. The highest BCUT2D eigenvalue weighted by molar-refractivity contribution is 6.00. The van der Waals surface area contributed by atoms with E-state index in [9.17, 15) is 4.79 Å². The van der Waals surface area contributed by atoms with E-state index in [0.29, 0.717) is 13.2 Å². The lowest BCUT2D eigenvalue weighted by Crippen LogP contribution is -2.46. The van der Waals surface area contributed by atoms with Crippen LogP contribution in [0.5, 0.6) is 0 Å². The molecule has 1 aromatic carbocycles. The summed E-state index contributed by atoms with van der Waals surface area (Å²) in [6.07, 6.45) is 4.80. The lowest BCUT2D eigenvalue weighted by Gasteiger charge is -2.23. The number of rotatable bonds is 2. The Morgan fingerprint density at radius 1 is 1.22 bits per heavy atom. The molecule has 0 amide bonds. The largest absolute Gasteiger partial charge is 0.378 e. The zero-order valence-electron chi connectivity index (χ0n) is 10.6. The normalized spacial score (nSPS) is 23.4. The second kappa shape index (κ2) is 5.21. The maximum Gasteiger partial charge on any atom is 0.182 e. The van der Waals surface area contributed by atoms with Crippen molar-refractivity contribution in [2.45, 2.75) is 31.7 Å². The number of hydrogen-bond acceptors (Lipinski definition) is 3. The van der Waals surface area contributed by atoms with Gasteiger partial charge in [-0.2, -0.15) is 0 Å². The Balaban J connectivity index is 1.80. The summed E-state index contributed by atoms with van der Waals surface area (Å²) in [5.41, 5.74) is 3.62. The van der Waals surface area contributed by atoms with Gasteiger partial charge in [-0.1, -0.05) is 12.1 Å². The van der Waals surface area contributed by atoms with Crippen molar-refractivity contribution in [2.24, 2.45) is 0 Å². The number of hydrogen-bond donors (Lipinski definition) is 1. The first kappa shape index (κ1) is 11.9. The van der Waals surface area contributed by atoms with Crippen LogP contribution in [-0.4, -0.2) is 31.6 Å². The molecule has 2 aliphatic rings. The number of Topliss-reactive ketones (excluding diaryl/α,β-unsaturated/α-hetero) is 1. The van der Waals surface area contributed by atoms with E-state index in [1.807, 2.05) is 6.07 Å². The zero-order valence-corrected chi connectivity index (χ0v) is 10.6. The Morgan fingerprint density at radius 2 is 2.06 bits per heavy atom. The molecule has 1 fully saturated rings. The van der Waals surface area contributed by atoms with Gasteiger partial charge in [-0.15, -0.1) is 0 Å². The molecular formula is C15H19NO2. The first-order valence-electron chi connectivity index (χ1n) is 6.82. The summed E-state index contributed by atoms with van der Waals surface area (Å²) in [5, 5.41) is 3.22. The van der Waals surface area contributed by atoms with Crippen LogP contribution >= 0.6 is 0 Å². The second-order valence-electron chi connectivity index (χ2n) is 5.14. The topological polar surface area (TPSA) is 38.3 Å². The number of fused-ring (bicyclic) bond motifs is 1. The molecule has 1 saturated heterocycles. The first-order valence-corrected chi connectivity index (χ1v) is 6.82. The molecule has 1 aliphatic heterocycles. The van der Waals surface area contributed by atoms with Crippen LogP contribution in [-0.2, 0) is 17.6 Å². The number of aryl methyl sites for hydroxylation is 2. The van der Waals surface area contributed by atoms with E-state index in [-0.39, 0.29) is 11.8 Å². The maximum absolute atomic E-state index is 12.3. The second-order valence-corrected chi connectivity index (χ2v) is 5.14. The van der Waals surface area contributed by atoms with Gasteiger partial charge >= 0.3 is 0 Å². The highest BCUT2D eigenvalue weighted by atomic mass is 16.5. The van der Waals surface area contributed by atoms with Crippen LogP contribution in [0.1, 0.15) is 34.3 Å². The molecule has 3 nitrogen and oxygen atoms in total. The summed E-state index contributed by atoms with van der Waals surface area (Å²) >= 11 is 0.